The largest absolute Gasteiger partial charge is 0.486 e. The summed E-state index contributed by atoms with van der Waals surface area (Å²) >= 11 is 0. The summed E-state index contributed by atoms with van der Waals surface area (Å²) in [5.41, 5.74) is 3.41. The van der Waals surface area contributed by atoms with E-state index in [4.69, 9.17) is 9.47 Å². The van der Waals surface area contributed by atoms with Crippen LogP contribution in [0.3, 0.4) is 0 Å². The minimum absolute atomic E-state index is 0.000545. The number of carbonyl (C=O) groups is 1. The van der Waals surface area contributed by atoms with Gasteiger partial charge in [0.1, 0.15) is 12.7 Å². The molecule has 4 nitrogen and oxygen atoms in total. The molecule has 1 heterocycles. The zero-order valence-corrected chi connectivity index (χ0v) is 13.5. The first-order valence-electron chi connectivity index (χ1n) is 7.83. The molecule has 1 atom stereocenters. The van der Waals surface area contributed by atoms with Crippen molar-refractivity contribution >= 4 is 5.91 Å². The third kappa shape index (κ3) is 3.83. The summed E-state index contributed by atoms with van der Waals surface area (Å²) in [5, 5.41) is 2.93. The van der Waals surface area contributed by atoms with Crippen LogP contribution < -0.4 is 14.8 Å². The summed E-state index contributed by atoms with van der Waals surface area (Å²) in [7, 11) is 0. The fourth-order valence-corrected chi connectivity index (χ4v) is 2.67. The van der Waals surface area contributed by atoms with Gasteiger partial charge in [-0.05, 0) is 37.1 Å². The molecule has 4 heteroatoms. The normalized spacial score (nSPS) is 16.0. The number of amides is 1. The first kappa shape index (κ1) is 15.4. The van der Waals surface area contributed by atoms with E-state index in [2.05, 4.69) is 18.3 Å². The van der Waals surface area contributed by atoms with E-state index >= 15 is 0 Å². The number of rotatable bonds is 4. The minimum atomic E-state index is -0.159. The van der Waals surface area contributed by atoms with Crippen molar-refractivity contribution in [2.75, 3.05) is 13.2 Å². The molecule has 3 rings (SSSR count). The molecule has 0 saturated heterocycles. The zero-order chi connectivity index (χ0) is 16.2. The van der Waals surface area contributed by atoms with Gasteiger partial charge in [0.25, 0.3) is 0 Å². The maximum absolute atomic E-state index is 12.1. The Bertz CT molecular complexity index is 712. The number of hydrogen-bond donors (Lipinski definition) is 1. The standard InChI is InChI=1S/C19H21NO3/c1-13-7-8-15(14(2)9-13)10-19(21)20-11-16-12-22-17-5-3-4-6-18(17)23-16/h3-9,16H,10-12H2,1-2H3,(H,20,21)/t16-/m0/s1. The Morgan fingerprint density at radius 1 is 1.17 bits per heavy atom. The van der Waals surface area contributed by atoms with E-state index < -0.39 is 0 Å². The van der Waals surface area contributed by atoms with Crippen LogP contribution in [0.4, 0.5) is 0 Å². The molecular formula is C19H21NO3. The van der Waals surface area contributed by atoms with E-state index in [1.165, 1.54) is 5.56 Å². The molecule has 2 aromatic carbocycles. The van der Waals surface area contributed by atoms with Gasteiger partial charge in [-0.1, -0.05) is 35.9 Å². The van der Waals surface area contributed by atoms with E-state index in [0.29, 0.717) is 19.6 Å². The summed E-state index contributed by atoms with van der Waals surface area (Å²) in [6.07, 6.45) is 0.226. The molecule has 23 heavy (non-hydrogen) atoms. The highest BCUT2D eigenvalue weighted by molar-refractivity contribution is 5.79. The Hall–Kier alpha value is -2.49. The summed E-state index contributed by atoms with van der Waals surface area (Å²) in [6, 6.07) is 13.7. The quantitative estimate of drug-likeness (QED) is 0.944. The highest BCUT2D eigenvalue weighted by atomic mass is 16.6. The van der Waals surface area contributed by atoms with Crippen LogP contribution in [0.2, 0.25) is 0 Å². The molecule has 0 spiro atoms. The average Bonchev–Trinajstić information content (AvgIpc) is 2.55. The van der Waals surface area contributed by atoms with Crippen molar-refractivity contribution in [2.45, 2.75) is 26.4 Å². The Balaban J connectivity index is 1.52. The third-order valence-corrected chi connectivity index (χ3v) is 3.94. The number of para-hydroxylation sites is 2. The molecule has 0 unspecified atom stereocenters. The Morgan fingerprint density at radius 2 is 1.96 bits per heavy atom. The van der Waals surface area contributed by atoms with Crippen molar-refractivity contribution in [1.29, 1.82) is 0 Å². The fraction of sp³-hybridized carbons (Fsp3) is 0.316. The number of benzene rings is 2. The second kappa shape index (κ2) is 6.73. The molecule has 0 aromatic heterocycles. The third-order valence-electron chi connectivity index (χ3n) is 3.94. The predicted molar refractivity (Wildman–Crippen MR) is 89.0 cm³/mol. The molecule has 120 valence electrons. The smallest absolute Gasteiger partial charge is 0.224 e. The number of aryl methyl sites for hydroxylation is 2. The Morgan fingerprint density at radius 3 is 2.74 bits per heavy atom. The maximum Gasteiger partial charge on any atom is 0.224 e. The molecule has 1 amide bonds. The summed E-state index contributed by atoms with van der Waals surface area (Å²) in [4.78, 5) is 12.1. The highest BCUT2D eigenvalue weighted by Gasteiger charge is 2.21. The van der Waals surface area contributed by atoms with Crippen LogP contribution in [0.25, 0.3) is 0 Å². The van der Waals surface area contributed by atoms with Crippen LogP contribution in [0.15, 0.2) is 42.5 Å². The van der Waals surface area contributed by atoms with Crippen LogP contribution >= 0.6 is 0 Å². The van der Waals surface area contributed by atoms with Gasteiger partial charge in [0.05, 0.1) is 13.0 Å². The number of carbonyl (C=O) groups excluding carboxylic acids is 1. The molecule has 0 fully saturated rings. The number of fused-ring (bicyclic) bond motifs is 1. The van der Waals surface area contributed by atoms with Crippen LogP contribution in [-0.4, -0.2) is 25.2 Å². The topological polar surface area (TPSA) is 47.6 Å². The fourth-order valence-electron chi connectivity index (χ4n) is 2.67. The lowest BCUT2D eigenvalue weighted by Gasteiger charge is -2.26. The first-order chi connectivity index (χ1) is 11.1. The average molecular weight is 311 g/mol. The first-order valence-corrected chi connectivity index (χ1v) is 7.83. The Kier molecular flexibility index (Phi) is 4.51. The highest BCUT2D eigenvalue weighted by Crippen LogP contribution is 2.30. The number of ether oxygens (including phenoxy) is 2. The van der Waals surface area contributed by atoms with E-state index in [1.54, 1.807) is 0 Å². The van der Waals surface area contributed by atoms with Crippen molar-refractivity contribution < 1.29 is 14.3 Å². The van der Waals surface area contributed by atoms with Crippen molar-refractivity contribution in [3.05, 3.63) is 59.2 Å². The molecule has 1 aliphatic heterocycles. The molecule has 2 aromatic rings. The minimum Gasteiger partial charge on any atom is -0.486 e. The van der Waals surface area contributed by atoms with Gasteiger partial charge in [-0.3, -0.25) is 4.79 Å². The maximum atomic E-state index is 12.1. The Labute approximate surface area is 136 Å². The monoisotopic (exact) mass is 311 g/mol. The molecule has 0 bridgehead atoms. The van der Waals surface area contributed by atoms with Crippen molar-refractivity contribution in [2.24, 2.45) is 0 Å². The van der Waals surface area contributed by atoms with Crippen LogP contribution in [0.1, 0.15) is 16.7 Å². The molecule has 0 radical (unpaired) electrons. The van der Waals surface area contributed by atoms with Gasteiger partial charge < -0.3 is 14.8 Å². The van der Waals surface area contributed by atoms with Crippen LogP contribution in [-0.2, 0) is 11.2 Å². The lowest BCUT2D eigenvalue weighted by atomic mass is 10.0. The van der Waals surface area contributed by atoms with Gasteiger partial charge in [-0.15, -0.1) is 0 Å². The summed E-state index contributed by atoms with van der Waals surface area (Å²) in [5.74, 6) is 1.48. The van der Waals surface area contributed by atoms with Gasteiger partial charge in [0, 0.05) is 0 Å². The van der Waals surface area contributed by atoms with Gasteiger partial charge in [-0.25, -0.2) is 0 Å². The molecule has 0 saturated carbocycles. The summed E-state index contributed by atoms with van der Waals surface area (Å²) < 4.78 is 11.5. The SMILES string of the molecule is Cc1ccc(CC(=O)NC[C@H]2COc3ccccc3O2)c(C)c1. The van der Waals surface area contributed by atoms with E-state index in [-0.39, 0.29) is 12.0 Å². The molecule has 1 N–H and O–H groups in total. The second-order valence-corrected chi connectivity index (χ2v) is 5.91. The second-order valence-electron chi connectivity index (χ2n) is 5.91. The van der Waals surface area contributed by atoms with Crippen LogP contribution in [0, 0.1) is 13.8 Å². The molecular weight excluding hydrogens is 290 g/mol. The van der Waals surface area contributed by atoms with Crippen molar-refractivity contribution in [3.8, 4) is 11.5 Å². The molecule has 1 aliphatic rings. The van der Waals surface area contributed by atoms with Gasteiger partial charge >= 0.3 is 0 Å². The van der Waals surface area contributed by atoms with E-state index in [1.807, 2.05) is 43.3 Å². The number of nitrogens with one attached hydrogen (secondary N) is 1. The lowest BCUT2D eigenvalue weighted by molar-refractivity contribution is -0.120. The molecule has 0 aliphatic carbocycles. The van der Waals surface area contributed by atoms with Crippen molar-refractivity contribution in [1.82, 2.24) is 5.32 Å². The predicted octanol–water partition coefficient (Wildman–Crippen LogP) is 2.80. The van der Waals surface area contributed by atoms with Crippen LogP contribution in [0.5, 0.6) is 11.5 Å². The van der Waals surface area contributed by atoms with Gasteiger partial charge in [0.15, 0.2) is 11.5 Å². The van der Waals surface area contributed by atoms with E-state index in [0.717, 1.165) is 22.6 Å². The van der Waals surface area contributed by atoms with Crippen molar-refractivity contribution in [3.63, 3.8) is 0 Å². The summed E-state index contributed by atoms with van der Waals surface area (Å²) in [6.45, 7) is 4.97. The van der Waals surface area contributed by atoms with Gasteiger partial charge in [0.2, 0.25) is 5.91 Å². The van der Waals surface area contributed by atoms with E-state index in [9.17, 15) is 4.79 Å². The van der Waals surface area contributed by atoms with Gasteiger partial charge in [-0.2, -0.15) is 0 Å². The lowest BCUT2D eigenvalue weighted by Crippen LogP contribution is -2.41. The zero-order valence-electron chi connectivity index (χ0n) is 13.5. The number of hydrogen-bond acceptors (Lipinski definition) is 3.